The first kappa shape index (κ1) is 11.5. The molecule has 2 atom stereocenters. The summed E-state index contributed by atoms with van der Waals surface area (Å²) in [6.07, 6.45) is 9.53. The Kier molecular flexibility index (Phi) is 3.88. The molecule has 1 aliphatic carbocycles. The molecule has 90 valence electrons. The van der Waals surface area contributed by atoms with Crippen LogP contribution in [-0.2, 0) is 4.74 Å². The summed E-state index contributed by atoms with van der Waals surface area (Å²) in [4.78, 5) is 0. The molecular weight excluding hydrogens is 200 g/mol. The molecule has 0 aromatic carbocycles. The number of rotatable bonds is 3. The lowest BCUT2D eigenvalue weighted by molar-refractivity contribution is 0.0522. The van der Waals surface area contributed by atoms with E-state index in [-0.39, 0.29) is 0 Å². The molecule has 1 aliphatic heterocycles. The second-order valence-corrected chi connectivity index (χ2v) is 4.67. The summed E-state index contributed by atoms with van der Waals surface area (Å²) in [6, 6.07) is 0.515. The van der Waals surface area contributed by atoms with Crippen molar-refractivity contribution in [2.75, 3.05) is 13.6 Å². The molecule has 3 heteroatoms. The standard InChI is InChI=1S/C13H22N2O/c1-10-7-8-11(9-15-10)16-13-6-4-3-5-12(13)14-2/h7-8,12-15H,3-6,9H2,1-2H3. The summed E-state index contributed by atoms with van der Waals surface area (Å²) in [5.41, 5.74) is 1.21. The molecule has 0 spiro atoms. The lowest BCUT2D eigenvalue weighted by Gasteiger charge is -2.33. The maximum absolute atomic E-state index is 6.08. The van der Waals surface area contributed by atoms with Crippen molar-refractivity contribution in [1.29, 1.82) is 0 Å². The van der Waals surface area contributed by atoms with Gasteiger partial charge in [0.1, 0.15) is 11.9 Å². The maximum atomic E-state index is 6.08. The third-order valence-electron chi connectivity index (χ3n) is 3.44. The van der Waals surface area contributed by atoms with Crippen LogP contribution in [0.15, 0.2) is 23.6 Å². The Morgan fingerprint density at radius 1 is 1.31 bits per heavy atom. The lowest BCUT2D eigenvalue weighted by atomic mass is 9.92. The third-order valence-corrected chi connectivity index (χ3v) is 3.44. The van der Waals surface area contributed by atoms with E-state index in [0.29, 0.717) is 12.1 Å². The minimum Gasteiger partial charge on any atom is -0.491 e. The van der Waals surface area contributed by atoms with Gasteiger partial charge in [0, 0.05) is 11.7 Å². The van der Waals surface area contributed by atoms with E-state index in [1.807, 2.05) is 7.05 Å². The maximum Gasteiger partial charge on any atom is 0.116 e. The Bertz CT molecular complexity index is 296. The molecule has 2 rings (SSSR count). The van der Waals surface area contributed by atoms with Crippen molar-refractivity contribution in [3.8, 4) is 0 Å². The molecule has 0 saturated heterocycles. The predicted octanol–water partition coefficient (Wildman–Crippen LogP) is 1.92. The smallest absolute Gasteiger partial charge is 0.116 e. The highest BCUT2D eigenvalue weighted by molar-refractivity contribution is 5.19. The SMILES string of the molecule is CNC1CCCCC1OC1=CC=C(C)NC1. The summed E-state index contributed by atoms with van der Waals surface area (Å²) >= 11 is 0. The Morgan fingerprint density at radius 2 is 2.12 bits per heavy atom. The molecule has 0 bridgehead atoms. The van der Waals surface area contributed by atoms with E-state index >= 15 is 0 Å². The molecule has 2 unspecified atom stereocenters. The van der Waals surface area contributed by atoms with Gasteiger partial charge in [-0.25, -0.2) is 0 Å². The van der Waals surface area contributed by atoms with Crippen LogP contribution < -0.4 is 10.6 Å². The van der Waals surface area contributed by atoms with E-state index in [4.69, 9.17) is 4.74 Å². The van der Waals surface area contributed by atoms with Gasteiger partial charge in [0.05, 0.1) is 6.54 Å². The van der Waals surface area contributed by atoms with E-state index < -0.39 is 0 Å². The largest absolute Gasteiger partial charge is 0.491 e. The van der Waals surface area contributed by atoms with Crippen LogP contribution in [-0.4, -0.2) is 25.7 Å². The molecule has 1 heterocycles. The van der Waals surface area contributed by atoms with Gasteiger partial charge in [-0.1, -0.05) is 6.42 Å². The molecular formula is C13H22N2O. The van der Waals surface area contributed by atoms with Crippen LogP contribution in [0.5, 0.6) is 0 Å². The Labute approximate surface area is 97.9 Å². The average Bonchev–Trinajstić information content (AvgIpc) is 2.33. The first-order chi connectivity index (χ1) is 7.79. The van der Waals surface area contributed by atoms with Gasteiger partial charge in [0.25, 0.3) is 0 Å². The second kappa shape index (κ2) is 5.39. The molecule has 2 N–H and O–H groups in total. The summed E-state index contributed by atoms with van der Waals surface area (Å²) in [6.45, 7) is 2.90. The van der Waals surface area contributed by atoms with Gasteiger partial charge in [0.2, 0.25) is 0 Å². The summed E-state index contributed by atoms with van der Waals surface area (Å²) in [5.74, 6) is 1.07. The lowest BCUT2D eigenvalue weighted by Crippen LogP contribution is -2.42. The summed E-state index contributed by atoms with van der Waals surface area (Å²) in [7, 11) is 2.03. The van der Waals surface area contributed by atoms with Gasteiger partial charge in [-0.05, 0) is 45.4 Å². The number of hydrogen-bond acceptors (Lipinski definition) is 3. The van der Waals surface area contributed by atoms with E-state index in [2.05, 4.69) is 29.7 Å². The van der Waals surface area contributed by atoms with Crippen LogP contribution in [0, 0.1) is 0 Å². The molecule has 1 fully saturated rings. The Balaban J connectivity index is 1.92. The first-order valence-corrected chi connectivity index (χ1v) is 6.25. The molecule has 0 aromatic heterocycles. The summed E-state index contributed by atoms with van der Waals surface area (Å²) in [5, 5.41) is 6.67. The number of ether oxygens (including phenoxy) is 1. The van der Waals surface area contributed by atoms with E-state index in [9.17, 15) is 0 Å². The number of dihydropyridines is 1. The zero-order valence-electron chi connectivity index (χ0n) is 10.3. The van der Waals surface area contributed by atoms with Crippen molar-refractivity contribution < 1.29 is 4.74 Å². The van der Waals surface area contributed by atoms with Crippen molar-refractivity contribution in [3.63, 3.8) is 0 Å². The fourth-order valence-corrected chi connectivity index (χ4v) is 2.41. The van der Waals surface area contributed by atoms with Gasteiger partial charge in [-0.2, -0.15) is 0 Å². The minimum absolute atomic E-state index is 0.346. The molecule has 1 saturated carbocycles. The van der Waals surface area contributed by atoms with Crippen LogP contribution in [0.4, 0.5) is 0 Å². The van der Waals surface area contributed by atoms with Crippen molar-refractivity contribution >= 4 is 0 Å². The third kappa shape index (κ3) is 2.79. The number of allylic oxidation sites excluding steroid dienone is 3. The van der Waals surface area contributed by atoms with E-state index in [0.717, 1.165) is 12.3 Å². The summed E-state index contributed by atoms with van der Waals surface area (Å²) < 4.78 is 6.08. The van der Waals surface area contributed by atoms with Crippen LogP contribution in [0.3, 0.4) is 0 Å². The second-order valence-electron chi connectivity index (χ2n) is 4.67. The fraction of sp³-hybridized carbons (Fsp3) is 0.692. The van der Waals surface area contributed by atoms with E-state index in [1.54, 1.807) is 0 Å². The minimum atomic E-state index is 0.346. The first-order valence-electron chi connectivity index (χ1n) is 6.25. The van der Waals surface area contributed by atoms with E-state index in [1.165, 1.54) is 31.4 Å². The Hall–Kier alpha value is -0.960. The van der Waals surface area contributed by atoms with Gasteiger partial charge >= 0.3 is 0 Å². The zero-order chi connectivity index (χ0) is 11.4. The number of nitrogens with one attached hydrogen (secondary N) is 2. The van der Waals surface area contributed by atoms with Gasteiger partial charge in [-0.15, -0.1) is 0 Å². The predicted molar refractivity (Wildman–Crippen MR) is 66.0 cm³/mol. The van der Waals surface area contributed by atoms with Crippen LogP contribution >= 0.6 is 0 Å². The molecule has 3 nitrogen and oxygen atoms in total. The highest BCUT2D eigenvalue weighted by atomic mass is 16.5. The monoisotopic (exact) mass is 222 g/mol. The topological polar surface area (TPSA) is 33.3 Å². The van der Waals surface area contributed by atoms with Crippen molar-refractivity contribution in [1.82, 2.24) is 10.6 Å². The highest BCUT2D eigenvalue weighted by Gasteiger charge is 2.25. The normalized spacial score (nSPS) is 30.1. The molecule has 0 amide bonds. The van der Waals surface area contributed by atoms with Gasteiger partial charge < -0.3 is 15.4 Å². The molecule has 0 aromatic rings. The van der Waals surface area contributed by atoms with Gasteiger partial charge in [0.15, 0.2) is 0 Å². The van der Waals surface area contributed by atoms with Crippen LogP contribution in [0.2, 0.25) is 0 Å². The number of hydrogen-bond donors (Lipinski definition) is 2. The van der Waals surface area contributed by atoms with Crippen molar-refractivity contribution in [3.05, 3.63) is 23.6 Å². The number of likely N-dealkylation sites (N-methyl/N-ethyl adjacent to an activating group) is 1. The van der Waals surface area contributed by atoms with Gasteiger partial charge in [-0.3, -0.25) is 0 Å². The Morgan fingerprint density at radius 3 is 2.81 bits per heavy atom. The van der Waals surface area contributed by atoms with Crippen LogP contribution in [0.25, 0.3) is 0 Å². The van der Waals surface area contributed by atoms with Crippen molar-refractivity contribution in [2.24, 2.45) is 0 Å². The molecule has 2 aliphatic rings. The average molecular weight is 222 g/mol. The fourth-order valence-electron chi connectivity index (χ4n) is 2.41. The molecule has 16 heavy (non-hydrogen) atoms. The molecule has 0 radical (unpaired) electrons. The van der Waals surface area contributed by atoms with Crippen LogP contribution in [0.1, 0.15) is 32.6 Å². The zero-order valence-corrected chi connectivity index (χ0v) is 10.3. The quantitative estimate of drug-likeness (QED) is 0.765. The van der Waals surface area contributed by atoms with Crippen molar-refractivity contribution in [2.45, 2.75) is 44.8 Å². The highest BCUT2D eigenvalue weighted by Crippen LogP contribution is 2.23.